The van der Waals surface area contributed by atoms with Crippen molar-refractivity contribution in [2.24, 2.45) is 11.8 Å². The summed E-state index contributed by atoms with van der Waals surface area (Å²) >= 11 is 0. The summed E-state index contributed by atoms with van der Waals surface area (Å²) in [4.78, 5) is 0. The molecule has 1 rings (SSSR count). The molecule has 2 atom stereocenters. The Morgan fingerprint density at radius 2 is 2.00 bits per heavy atom. The molecule has 1 aliphatic rings. The van der Waals surface area contributed by atoms with Crippen LogP contribution >= 0.6 is 0 Å². The Morgan fingerprint density at radius 1 is 1.21 bits per heavy atom. The quantitative estimate of drug-likeness (QED) is 0.636. The summed E-state index contributed by atoms with van der Waals surface area (Å²) < 4.78 is 5.65. The molecule has 14 heavy (non-hydrogen) atoms. The van der Waals surface area contributed by atoms with Crippen LogP contribution in [0.25, 0.3) is 0 Å². The molecule has 1 saturated carbocycles. The van der Waals surface area contributed by atoms with E-state index in [-0.39, 0.29) is 0 Å². The molecule has 2 nitrogen and oxygen atoms in total. The van der Waals surface area contributed by atoms with Gasteiger partial charge in [0.1, 0.15) is 0 Å². The van der Waals surface area contributed by atoms with Crippen LogP contribution in [-0.2, 0) is 4.74 Å². The van der Waals surface area contributed by atoms with Gasteiger partial charge in [-0.3, -0.25) is 0 Å². The number of hydrogen-bond acceptors (Lipinski definition) is 2. The molecule has 0 spiro atoms. The fourth-order valence-corrected chi connectivity index (χ4v) is 2.31. The summed E-state index contributed by atoms with van der Waals surface area (Å²) in [6, 6.07) is 0. The molecule has 0 saturated heterocycles. The lowest BCUT2D eigenvalue weighted by Gasteiger charge is -2.19. The van der Waals surface area contributed by atoms with Gasteiger partial charge in [0, 0.05) is 13.2 Å². The molecule has 0 heterocycles. The molecule has 0 aromatic rings. The van der Waals surface area contributed by atoms with E-state index < -0.39 is 0 Å². The molecule has 0 aromatic carbocycles. The summed E-state index contributed by atoms with van der Waals surface area (Å²) in [5.74, 6) is 1.69. The van der Waals surface area contributed by atoms with Crippen molar-refractivity contribution in [3.05, 3.63) is 0 Å². The molecule has 0 bridgehead atoms. The molecule has 1 N–H and O–H groups in total. The van der Waals surface area contributed by atoms with Gasteiger partial charge in [-0.1, -0.05) is 20.3 Å². The predicted octanol–water partition coefficient (Wildman–Crippen LogP) is 2.44. The van der Waals surface area contributed by atoms with E-state index in [1.54, 1.807) is 0 Å². The van der Waals surface area contributed by atoms with Gasteiger partial charge in [-0.25, -0.2) is 0 Å². The first-order valence-corrected chi connectivity index (χ1v) is 6.16. The molecule has 84 valence electrons. The third-order valence-electron chi connectivity index (χ3n) is 3.15. The molecule has 0 radical (unpaired) electrons. The fourth-order valence-electron chi connectivity index (χ4n) is 2.31. The fraction of sp³-hybridized carbons (Fsp3) is 1.00. The van der Waals surface area contributed by atoms with Crippen LogP contribution < -0.4 is 5.32 Å². The van der Waals surface area contributed by atoms with Crippen LogP contribution in [0.5, 0.6) is 0 Å². The second-order valence-corrected chi connectivity index (χ2v) is 4.33. The smallest absolute Gasteiger partial charge is 0.0497 e. The first-order chi connectivity index (χ1) is 6.88. The van der Waals surface area contributed by atoms with Crippen molar-refractivity contribution in [3.8, 4) is 0 Å². The molecule has 1 fully saturated rings. The normalized spacial score (nSPS) is 27.0. The van der Waals surface area contributed by atoms with Gasteiger partial charge in [0.2, 0.25) is 0 Å². The lowest BCUT2D eigenvalue weighted by atomic mass is 9.97. The van der Waals surface area contributed by atoms with Crippen molar-refractivity contribution in [3.63, 3.8) is 0 Å². The van der Waals surface area contributed by atoms with Crippen LogP contribution in [0, 0.1) is 11.8 Å². The third kappa shape index (κ3) is 3.97. The molecule has 2 unspecified atom stereocenters. The van der Waals surface area contributed by atoms with E-state index in [1.807, 2.05) is 0 Å². The summed E-state index contributed by atoms with van der Waals surface area (Å²) in [7, 11) is 0. The zero-order valence-corrected chi connectivity index (χ0v) is 9.72. The maximum Gasteiger partial charge on any atom is 0.0497 e. The minimum atomic E-state index is 0.820. The topological polar surface area (TPSA) is 21.3 Å². The Hall–Kier alpha value is -0.0800. The Kier molecular flexibility index (Phi) is 6.20. The first kappa shape index (κ1) is 12.0. The zero-order chi connectivity index (χ0) is 10.2. The second kappa shape index (κ2) is 7.24. The van der Waals surface area contributed by atoms with Gasteiger partial charge in [0.25, 0.3) is 0 Å². The Labute approximate surface area is 88.4 Å². The maximum absolute atomic E-state index is 5.65. The van der Waals surface area contributed by atoms with Crippen LogP contribution in [0.15, 0.2) is 0 Å². The van der Waals surface area contributed by atoms with Crippen molar-refractivity contribution in [1.82, 2.24) is 5.32 Å². The van der Waals surface area contributed by atoms with E-state index in [1.165, 1.54) is 25.8 Å². The lowest BCUT2D eigenvalue weighted by molar-refractivity contribution is 0.0860. The van der Waals surface area contributed by atoms with Crippen LogP contribution in [-0.4, -0.2) is 26.3 Å². The van der Waals surface area contributed by atoms with E-state index >= 15 is 0 Å². The SMILES string of the molecule is CCCOCC1CCCC1CNCC. The second-order valence-electron chi connectivity index (χ2n) is 4.33. The van der Waals surface area contributed by atoms with Crippen LogP contribution in [0.2, 0.25) is 0 Å². The Morgan fingerprint density at radius 3 is 2.71 bits per heavy atom. The average molecular weight is 199 g/mol. The van der Waals surface area contributed by atoms with Crippen LogP contribution in [0.1, 0.15) is 39.5 Å². The highest BCUT2D eigenvalue weighted by Gasteiger charge is 2.26. The van der Waals surface area contributed by atoms with Crippen molar-refractivity contribution in [1.29, 1.82) is 0 Å². The monoisotopic (exact) mass is 199 g/mol. The van der Waals surface area contributed by atoms with Crippen LogP contribution in [0.4, 0.5) is 0 Å². The molecule has 0 aromatic heterocycles. The van der Waals surface area contributed by atoms with Gasteiger partial charge in [-0.2, -0.15) is 0 Å². The molecule has 2 heteroatoms. The minimum Gasteiger partial charge on any atom is -0.381 e. The summed E-state index contributed by atoms with van der Waals surface area (Å²) in [6.45, 7) is 8.56. The number of hydrogen-bond donors (Lipinski definition) is 1. The highest BCUT2D eigenvalue weighted by molar-refractivity contribution is 4.78. The molecular formula is C12H25NO. The first-order valence-electron chi connectivity index (χ1n) is 6.16. The molecular weight excluding hydrogens is 174 g/mol. The Balaban J connectivity index is 2.14. The van der Waals surface area contributed by atoms with Gasteiger partial charge < -0.3 is 10.1 Å². The molecule has 1 aliphatic carbocycles. The van der Waals surface area contributed by atoms with Crippen molar-refractivity contribution >= 4 is 0 Å². The number of rotatable bonds is 7. The van der Waals surface area contributed by atoms with Gasteiger partial charge in [0.05, 0.1) is 0 Å². The van der Waals surface area contributed by atoms with E-state index in [9.17, 15) is 0 Å². The third-order valence-corrected chi connectivity index (χ3v) is 3.15. The number of ether oxygens (including phenoxy) is 1. The van der Waals surface area contributed by atoms with Crippen molar-refractivity contribution in [2.75, 3.05) is 26.3 Å². The minimum absolute atomic E-state index is 0.820. The van der Waals surface area contributed by atoms with E-state index in [2.05, 4.69) is 19.2 Å². The standard InChI is InChI=1S/C12H25NO/c1-3-8-14-10-12-7-5-6-11(12)9-13-4-2/h11-13H,3-10H2,1-2H3. The largest absolute Gasteiger partial charge is 0.381 e. The highest BCUT2D eigenvalue weighted by Crippen LogP contribution is 2.31. The van der Waals surface area contributed by atoms with Gasteiger partial charge in [-0.05, 0) is 44.2 Å². The molecule has 0 aliphatic heterocycles. The summed E-state index contributed by atoms with van der Waals surface area (Å²) in [5, 5.41) is 3.46. The van der Waals surface area contributed by atoms with Crippen molar-refractivity contribution < 1.29 is 4.74 Å². The maximum atomic E-state index is 5.65. The van der Waals surface area contributed by atoms with Gasteiger partial charge in [0.15, 0.2) is 0 Å². The van der Waals surface area contributed by atoms with E-state index in [0.717, 1.165) is 38.0 Å². The summed E-state index contributed by atoms with van der Waals surface area (Å²) in [6.07, 6.45) is 5.31. The predicted molar refractivity (Wildman–Crippen MR) is 60.5 cm³/mol. The Bertz CT molecular complexity index is 138. The van der Waals surface area contributed by atoms with E-state index in [4.69, 9.17) is 4.74 Å². The van der Waals surface area contributed by atoms with Crippen LogP contribution in [0.3, 0.4) is 0 Å². The lowest BCUT2D eigenvalue weighted by Crippen LogP contribution is -2.27. The van der Waals surface area contributed by atoms with Gasteiger partial charge >= 0.3 is 0 Å². The van der Waals surface area contributed by atoms with E-state index in [0.29, 0.717) is 0 Å². The zero-order valence-electron chi connectivity index (χ0n) is 9.72. The number of nitrogens with one attached hydrogen (secondary N) is 1. The molecule has 0 amide bonds. The highest BCUT2D eigenvalue weighted by atomic mass is 16.5. The van der Waals surface area contributed by atoms with Crippen molar-refractivity contribution in [2.45, 2.75) is 39.5 Å². The average Bonchev–Trinajstić information content (AvgIpc) is 2.63. The summed E-state index contributed by atoms with van der Waals surface area (Å²) in [5.41, 5.74) is 0. The van der Waals surface area contributed by atoms with Gasteiger partial charge in [-0.15, -0.1) is 0 Å².